The second-order valence-corrected chi connectivity index (χ2v) is 22.0. The third-order valence-electron chi connectivity index (χ3n) is 5.06. The van der Waals surface area contributed by atoms with Crippen molar-refractivity contribution < 1.29 is 16.6 Å². The van der Waals surface area contributed by atoms with E-state index in [4.69, 9.17) is 12.3 Å². The van der Waals surface area contributed by atoms with Gasteiger partial charge in [0.05, 0.1) is 10.8 Å². The summed E-state index contributed by atoms with van der Waals surface area (Å²) >= 11 is 0. The van der Waals surface area contributed by atoms with Crippen molar-refractivity contribution in [3.63, 3.8) is 0 Å². The lowest BCUT2D eigenvalue weighted by Gasteiger charge is -2.35. The number of rotatable bonds is 19. The summed E-state index contributed by atoms with van der Waals surface area (Å²) in [7, 11) is -6.84. The van der Waals surface area contributed by atoms with Crippen LogP contribution in [-0.2, 0) is 23.1 Å². The maximum absolute atomic E-state index is 12.2. The zero-order valence-electron chi connectivity index (χ0n) is 21.4. The molecule has 0 spiro atoms. The number of benzene rings is 1. The smallest absolute Gasteiger partial charge is 0.420 e. The molecule has 0 fully saturated rings. The molecule has 1 aromatic carbocycles. The van der Waals surface area contributed by atoms with E-state index in [1.54, 1.807) is 0 Å². The van der Waals surface area contributed by atoms with Crippen LogP contribution in [0.25, 0.3) is 0 Å². The lowest BCUT2D eigenvalue weighted by molar-refractivity contribution is 0.266. The Balaban J connectivity index is 2.15. The molecule has 0 aliphatic rings. The highest BCUT2D eigenvalue weighted by Gasteiger charge is 2.42. The van der Waals surface area contributed by atoms with Gasteiger partial charge in [-0.2, -0.15) is 0 Å². The Morgan fingerprint density at radius 3 is 1.50 bits per heavy atom. The molecule has 9 heteroatoms. The van der Waals surface area contributed by atoms with E-state index in [-0.39, 0.29) is 0 Å². The monoisotopic (exact) mass is 532 g/mol. The summed E-state index contributed by atoms with van der Waals surface area (Å²) in [4.78, 5) is 0.961. The van der Waals surface area contributed by atoms with E-state index in [1.807, 2.05) is 30.3 Å². The summed E-state index contributed by atoms with van der Waals surface area (Å²) in [5.74, 6) is 0.791. The van der Waals surface area contributed by atoms with E-state index in [2.05, 4.69) is 39.3 Å². The molecule has 186 valence electrons. The van der Waals surface area contributed by atoms with Crippen LogP contribution < -0.4 is 0 Å². The van der Waals surface area contributed by atoms with Crippen molar-refractivity contribution in [1.82, 2.24) is 0 Å². The van der Waals surface area contributed by atoms with Crippen molar-refractivity contribution in [2.24, 2.45) is 0 Å². The largest absolute Gasteiger partial charge is 0.468 e. The fourth-order valence-electron chi connectivity index (χ4n) is 3.84. The maximum atomic E-state index is 12.2. The molecule has 0 radical (unpaired) electrons. The van der Waals surface area contributed by atoms with E-state index in [1.165, 1.54) is 51.4 Å². The van der Waals surface area contributed by atoms with Crippen molar-refractivity contribution in [1.29, 1.82) is 0 Å². The first-order valence-corrected chi connectivity index (χ1v) is 24.3. The maximum Gasteiger partial charge on any atom is 0.468 e. The van der Waals surface area contributed by atoms with Crippen molar-refractivity contribution >= 4 is 46.7 Å². The molecule has 0 saturated heterocycles. The van der Waals surface area contributed by atoms with Crippen LogP contribution in [-0.4, -0.2) is 45.9 Å². The van der Waals surface area contributed by atoms with Crippen LogP contribution in [0.3, 0.4) is 0 Å². The molecule has 0 aromatic heterocycles. The quantitative estimate of drug-likeness (QED) is 0.156. The SMILES string of the molecule is C[SiH](C)O[Si](CCCCCCCCCCCS(=O)c1ccccc1)(O[SiH](C)C)O[SiH](C)C. The summed E-state index contributed by atoms with van der Waals surface area (Å²) in [6, 6.07) is 10.8. The van der Waals surface area contributed by atoms with Gasteiger partial charge in [-0.25, -0.2) is 0 Å². The van der Waals surface area contributed by atoms with Crippen LogP contribution in [0.2, 0.25) is 45.3 Å². The van der Waals surface area contributed by atoms with E-state index >= 15 is 0 Å². The third-order valence-corrected chi connectivity index (χ3v) is 17.5. The van der Waals surface area contributed by atoms with Gasteiger partial charge in [0.25, 0.3) is 0 Å². The Bertz CT molecular complexity index is 591. The number of unbranched alkanes of at least 4 members (excludes halogenated alkanes) is 8. The first kappa shape index (κ1) is 30.1. The first-order chi connectivity index (χ1) is 15.2. The van der Waals surface area contributed by atoms with Crippen LogP contribution in [0.4, 0.5) is 0 Å². The molecular formula is C23H48O4SSi4. The molecule has 1 aromatic rings. The highest BCUT2D eigenvalue weighted by molar-refractivity contribution is 7.85. The average Bonchev–Trinajstić information content (AvgIpc) is 2.70. The highest BCUT2D eigenvalue weighted by atomic mass is 32.2. The van der Waals surface area contributed by atoms with Gasteiger partial charge >= 0.3 is 8.80 Å². The van der Waals surface area contributed by atoms with Gasteiger partial charge < -0.3 is 12.3 Å². The second kappa shape index (κ2) is 17.5. The lowest BCUT2D eigenvalue weighted by Crippen LogP contribution is -2.53. The van der Waals surface area contributed by atoms with E-state index in [0.29, 0.717) is 0 Å². The molecule has 0 saturated carbocycles. The minimum Gasteiger partial charge on any atom is -0.420 e. The highest BCUT2D eigenvalue weighted by Crippen LogP contribution is 2.24. The van der Waals surface area contributed by atoms with Gasteiger partial charge in [-0.3, -0.25) is 4.21 Å². The van der Waals surface area contributed by atoms with E-state index < -0.39 is 46.7 Å². The summed E-state index contributed by atoms with van der Waals surface area (Å²) in [5.41, 5.74) is 0. The molecule has 32 heavy (non-hydrogen) atoms. The summed E-state index contributed by atoms with van der Waals surface area (Å²) in [6.45, 7) is 13.4. The molecule has 0 aliphatic carbocycles. The Morgan fingerprint density at radius 1 is 0.656 bits per heavy atom. The fourth-order valence-corrected chi connectivity index (χ4v) is 17.9. The molecule has 0 heterocycles. The summed E-state index contributed by atoms with van der Waals surface area (Å²) < 4.78 is 31.6. The molecule has 0 aliphatic heterocycles. The van der Waals surface area contributed by atoms with Crippen molar-refractivity contribution in [3.8, 4) is 0 Å². The molecule has 4 nitrogen and oxygen atoms in total. The molecule has 1 rings (SSSR count). The van der Waals surface area contributed by atoms with Gasteiger partial charge in [0.2, 0.25) is 0 Å². The zero-order chi connectivity index (χ0) is 23.8. The normalized spacial score (nSPS) is 13.4. The van der Waals surface area contributed by atoms with Crippen LogP contribution >= 0.6 is 0 Å². The Labute approximate surface area is 206 Å². The van der Waals surface area contributed by atoms with Gasteiger partial charge in [0.1, 0.15) is 0 Å². The summed E-state index contributed by atoms with van der Waals surface area (Å²) in [6.07, 6.45) is 11.1. The van der Waals surface area contributed by atoms with Crippen LogP contribution in [0.5, 0.6) is 0 Å². The van der Waals surface area contributed by atoms with Gasteiger partial charge in [-0.15, -0.1) is 0 Å². The molecule has 1 unspecified atom stereocenters. The fraction of sp³-hybridized carbons (Fsp3) is 0.739. The first-order valence-electron chi connectivity index (χ1n) is 12.7. The van der Waals surface area contributed by atoms with Gasteiger partial charge in [-0.1, -0.05) is 63.1 Å². The van der Waals surface area contributed by atoms with Crippen molar-refractivity contribution in [2.75, 3.05) is 5.75 Å². The molecule has 0 amide bonds. The van der Waals surface area contributed by atoms with Crippen molar-refractivity contribution in [2.45, 2.75) is 108 Å². The Morgan fingerprint density at radius 2 is 1.06 bits per heavy atom. The molecule has 0 bridgehead atoms. The standard InChI is InChI=1S/C23H48O4SSi4/c1-29(2)25-32(26-30(3)4,27-31(5)6)22-18-13-11-9-7-8-10-12-17-21-28(24)23-19-15-14-16-20-23/h14-16,19-20,29-31H,7-13,17-18,21-22H2,1-6H3. The van der Waals surface area contributed by atoms with E-state index in [0.717, 1.165) is 23.1 Å². The summed E-state index contributed by atoms with van der Waals surface area (Å²) in [5, 5.41) is 0. The van der Waals surface area contributed by atoms with Gasteiger partial charge in [-0.05, 0) is 64.3 Å². The van der Waals surface area contributed by atoms with Crippen LogP contribution in [0.1, 0.15) is 57.8 Å². The second-order valence-electron chi connectivity index (χ2n) is 9.48. The minimum absolute atomic E-state index is 0.791. The van der Waals surface area contributed by atoms with Gasteiger partial charge in [0, 0.05) is 16.7 Å². The van der Waals surface area contributed by atoms with E-state index in [9.17, 15) is 4.21 Å². The predicted octanol–water partition coefficient (Wildman–Crippen LogP) is 6.24. The zero-order valence-corrected chi connectivity index (χ0v) is 26.7. The predicted molar refractivity (Wildman–Crippen MR) is 150 cm³/mol. The average molecular weight is 533 g/mol. The number of hydrogen-bond donors (Lipinski definition) is 0. The topological polar surface area (TPSA) is 44.8 Å². The van der Waals surface area contributed by atoms with Crippen LogP contribution in [0, 0.1) is 0 Å². The third kappa shape index (κ3) is 14.4. The number of hydrogen-bond acceptors (Lipinski definition) is 4. The molecule has 1 atom stereocenters. The molecule has 0 N–H and O–H groups in total. The Kier molecular flexibility index (Phi) is 16.5. The minimum atomic E-state index is -2.45. The molecular weight excluding hydrogens is 485 g/mol. The van der Waals surface area contributed by atoms with Crippen molar-refractivity contribution in [3.05, 3.63) is 30.3 Å². The van der Waals surface area contributed by atoms with Gasteiger partial charge in [0.15, 0.2) is 27.1 Å². The van der Waals surface area contributed by atoms with Crippen LogP contribution in [0.15, 0.2) is 35.2 Å². The Hall–Kier alpha value is 0.118. The lowest BCUT2D eigenvalue weighted by atomic mass is 10.1.